The molecule has 0 aliphatic carbocycles. The quantitative estimate of drug-likeness (QED) is 0.777. The second kappa shape index (κ2) is 6.57. The molecule has 9 heteroatoms. The van der Waals surface area contributed by atoms with Gasteiger partial charge in [-0.2, -0.15) is 8.78 Å². The Kier molecular flexibility index (Phi) is 4.32. The molecule has 0 radical (unpaired) electrons. The molecular formula is C15H11F3N4O2. The molecule has 0 aliphatic rings. The summed E-state index contributed by atoms with van der Waals surface area (Å²) in [5.41, 5.74) is 1.25. The van der Waals surface area contributed by atoms with E-state index in [2.05, 4.69) is 20.4 Å². The Hall–Kier alpha value is -3.10. The molecule has 0 aliphatic heterocycles. The summed E-state index contributed by atoms with van der Waals surface area (Å²) in [5, 5.41) is 10.4. The number of fused-ring (bicyclic) bond motifs is 1. The maximum absolute atomic E-state index is 13.6. The molecule has 1 amide bonds. The van der Waals surface area contributed by atoms with E-state index >= 15 is 0 Å². The largest absolute Gasteiger partial charge is 0.432 e. The minimum absolute atomic E-state index is 0.0226. The number of nitrogens with zero attached hydrogens (tertiary/aromatic N) is 3. The van der Waals surface area contributed by atoms with Gasteiger partial charge in [0.2, 0.25) is 0 Å². The first-order valence-corrected chi connectivity index (χ1v) is 6.86. The van der Waals surface area contributed by atoms with Crippen LogP contribution in [0.1, 0.15) is 16.1 Å². The standard InChI is InChI=1S/C15H11F3N4O2/c16-10-7-9(4-5-13(10)24-15(17)18)14(23)19-8-11-12-3-1-2-6-22(12)21-20-11/h1-7,15H,8H2,(H,19,23). The SMILES string of the molecule is O=C(NCc1nnn2ccccc12)c1ccc(OC(F)F)c(F)c1. The number of halogens is 3. The van der Waals surface area contributed by atoms with Gasteiger partial charge in [-0.3, -0.25) is 4.79 Å². The third-order valence-corrected chi connectivity index (χ3v) is 3.22. The molecule has 1 N–H and O–H groups in total. The zero-order valence-corrected chi connectivity index (χ0v) is 12.1. The van der Waals surface area contributed by atoms with Crippen molar-refractivity contribution < 1.29 is 22.7 Å². The first-order valence-electron chi connectivity index (χ1n) is 6.86. The van der Waals surface area contributed by atoms with Crippen molar-refractivity contribution in [1.29, 1.82) is 0 Å². The summed E-state index contributed by atoms with van der Waals surface area (Å²) in [6.45, 7) is -3.05. The van der Waals surface area contributed by atoms with Crippen LogP contribution >= 0.6 is 0 Å². The number of ether oxygens (including phenoxy) is 1. The van der Waals surface area contributed by atoms with Gasteiger partial charge in [0.05, 0.1) is 12.1 Å². The first-order chi connectivity index (χ1) is 11.5. The average molecular weight is 336 g/mol. The van der Waals surface area contributed by atoms with Gasteiger partial charge in [0.25, 0.3) is 5.91 Å². The van der Waals surface area contributed by atoms with Crippen LogP contribution < -0.4 is 10.1 Å². The van der Waals surface area contributed by atoms with Crippen molar-refractivity contribution in [1.82, 2.24) is 20.1 Å². The van der Waals surface area contributed by atoms with Crippen LogP contribution in [0.3, 0.4) is 0 Å². The van der Waals surface area contributed by atoms with E-state index in [1.54, 1.807) is 28.9 Å². The zero-order valence-electron chi connectivity index (χ0n) is 12.1. The number of alkyl halides is 2. The van der Waals surface area contributed by atoms with Gasteiger partial charge in [-0.05, 0) is 30.3 Å². The molecule has 0 fully saturated rings. The second-order valence-electron chi connectivity index (χ2n) is 4.77. The maximum atomic E-state index is 13.6. The van der Waals surface area contributed by atoms with Crippen LogP contribution in [0, 0.1) is 5.82 Å². The predicted molar refractivity (Wildman–Crippen MR) is 77.2 cm³/mol. The smallest absolute Gasteiger partial charge is 0.387 e. The lowest BCUT2D eigenvalue weighted by atomic mass is 10.2. The molecule has 2 aromatic heterocycles. The Morgan fingerprint density at radius 1 is 1.29 bits per heavy atom. The maximum Gasteiger partial charge on any atom is 0.387 e. The first kappa shape index (κ1) is 15.8. The number of aromatic nitrogens is 3. The van der Waals surface area contributed by atoms with Gasteiger partial charge in [-0.25, -0.2) is 8.91 Å². The number of amides is 1. The van der Waals surface area contributed by atoms with Crippen LogP contribution in [-0.2, 0) is 6.54 Å². The fourth-order valence-corrected chi connectivity index (χ4v) is 2.12. The molecule has 2 heterocycles. The number of carbonyl (C=O) groups excluding carboxylic acids is 1. The highest BCUT2D eigenvalue weighted by atomic mass is 19.3. The Morgan fingerprint density at radius 2 is 2.12 bits per heavy atom. The van der Waals surface area contributed by atoms with Crippen LogP contribution in [0.25, 0.3) is 5.52 Å². The van der Waals surface area contributed by atoms with E-state index in [1.807, 2.05) is 0 Å². The summed E-state index contributed by atoms with van der Waals surface area (Å²) in [6, 6.07) is 8.38. The fourth-order valence-electron chi connectivity index (χ4n) is 2.12. The summed E-state index contributed by atoms with van der Waals surface area (Å²) in [5.74, 6) is -2.24. The van der Waals surface area contributed by atoms with Crippen molar-refractivity contribution in [2.75, 3.05) is 0 Å². The molecule has 3 aromatic rings. The molecule has 0 atom stereocenters. The van der Waals surface area contributed by atoms with Crippen molar-refractivity contribution in [3.05, 3.63) is 59.7 Å². The monoisotopic (exact) mass is 336 g/mol. The van der Waals surface area contributed by atoms with Crippen molar-refractivity contribution in [2.24, 2.45) is 0 Å². The molecular weight excluding hydrogens is 325 g/mol. The van der Waals surface area contributed by atoms with Gasteiger partial charge in [0, 0.05) is 11.8 Å². The van der Waals surface area contributed by atoms with Gasteiger partial charge in [0.1, 0.15) is 5.69 Å². The highest BCUT2D eigenvalue weighted by Gasteiger charge is 2.14. The van der Waals surface area contributed by atoms with Gasteiger partial charge in [0.15, 0.2) is 11.6 Å². The summed E-state index contributed by atoms with van der Waals surface area (Å²) >= 11 is 0. The second-order valence-corrected chi connectivity index (χ2v) is 4.77. The lowest BCUT2D eigenvalue weighted by molar-refractivity contribution is -0.0521. The fraction of sp³-hybridized carbons (Fsp3) is 0.133. The van der Waals surface area contributed by atoms with Crippen LogP contribution in [0.2, 0.25) is 0 Å². The lowest BCUT2D eigenvalue weighted by Gasteiger charge is -2.08. The molecule has 0 saturated carbocycles. The average Bonchev–Trinajstić information content (AvgIpc) is 2.97. The van der Waals surface area contributed by atoms with Crippen LogP contribution in [0.15, 0.2) is 42.6 Å². The zero-order chi connectivity index (χ0) is 17.1. The van der Waals surface area contributed by atoms with Crippen LogP contribution in [0.5, 0.6) is 5.75 Å². The third kappa shape index (κ3) is 3.29. The Balaban J connectivity index is 1.70. The number of hydrogen-bond acceptors (Lipinski definition) is 4. The number of hydrogen-bond donors (Lipinski definition) is 1. The molecule has 24 heavy (non-hydrogen) atoms. The molecule has 6 nitrogen and oxygen atoms in total. The third-order valence-electron chi connectivity index (χ3n) is 3.22. The topological polar surface area (TPSA) is 68.5 Å². The number of nitrogens with one attached hydrogen (secondary N) is 1. The molecule has 0 bridgehead atoms. The van der Waals surface area contributed by atoms with Gasteiger partial charge in [-0.15, -0.1) is 5.10 Å². The normalized spacial score (nSPS) is 11.0. The molecule has 124 valence electrons. The van der Waals surface area contributed by atoms with E-state index in [4.69, 9.17) is 0 Å². The Morgan fingerprint density at radius 3 is 2.88 bits per heavy atom. The minimum atomic E-state index is -3.14. The van der Waals surface area contributed by atoms with E-state index in [1.165, 1.54) is 6.07 Å². The molecule has 0 spiro atoms. The van der Waals surface area contributed by atoms with Crippen molar-refractivity contribution in [3.63, 3.8) is 0 Å². The van der Waals surface area contributed by atoms with Gasteiger partial charge < -0.3 is 10.1 Å². The van der Waals surface area contributed by atoms with E-state index in [9.17, 15) is 18.0 Å². The van der Waals surface area contributed by atoms with Crippen molar-refractivity contribution in [3.8, 4) is 5.75 Å². The lowest BCUT2D eigenvalue weighted by Crippen LogP contribution is -2.23. The van der Waals surface area contributed by atoms with Gasteiger partial charge in [-0.1, -0.05) is 11.3 Å². The van der Waals surface area contributed by atoms with Crippen LogP contribution in [-0.4, -0.2) is 27.3 Å². The minimum Gasteiger partial charge on any atom is -0.432 e. The van der Waals surface area contributed by atoms with E-state index in [-0.39, 0.29) is 12.1 Å². The Labute approximate surface area is 133 Å². The van der Waals surface area contributed by atoms with Gasteiger partial charge >= 0.3 is 6.61 Å². The highest BCUT2D eigenvalue weighted by molar-refractivity contribution is 5.94. The summed E-state index contributed by atoms with van der Waals surface area (Å²) in [4.78, 5) is 12.0. The van der Waals surface area contributed by atoms with E-state index in [0.717, 1.165) is 17.6 Å². The highest BCUT2D eigenvalue weighted by Crippen LogP contribution is 2.20. The predicted octanol–water partition coefficient (Wildman–Crippen LogP) is 2.40. The number of benzene rings is 1. The number of pyridine rings is 1. The summed E-state index contributed by atoms with van der Waals surface area (Å²) in [6.07, 6.45) is 1.71. The van der Waals surface area contributed by atoms with Crippen molar-refractivity contribution in [2.45, 2.75) is 13.2 Å². The van der Waals surface area contributed by atoms with E-state index in [0.29, 0.717) is 5.69 Å². The number of rotatable bonds is 5. The summed E-state index contributed by atoms with van der Waals surface area (Å²) in [7, 11) is 0. The number of carbonyl (C=O) groups is 1. The molecule has 0 saturated heterocycles. The van der Waals surface area contributed by atoms with Crippen LogP contribution in [0.4, 0.5) is 13.2 Å². The molecule has 0 unspecified atom stereocenters. The molecule has 1 aromatic carbocycles. The molecule has 3 rings (SSSR count). The van der Waals surface area contributed by atoms with Crippen molar-refractivity contribution >= 4 is 11.4 Å². The summed E-state index contributed by atoms with van der Waals surface area (Å²) < 4.78 is 43.3. The van der Waals surface area contributed by atoms with E-state index < -0.39 is 24.1 Å². The Bertz CT molecular complexity index is 882.